The third-order valence-corrected chi connectivity index (χ3v) is 4.88. The molecule has 0 aliphatic carbocycles. The van der Waals surface area contributed by atoms with Gasteiger partial charge in [0, 0.05) is 5.56 Å². The molecule has 0 fully saturated rings. The molecule has 2 rings (SSSR count). The Kier molecular flexibility index (Phi) is 7.54. The highest BCUT2D eigenvalue weighted by Gasteiger charge is 2.16. The largest absolute Gasteiger partial charge is 0.497 e. The molecule has 146 valence electrons. The molecule has 0 aliphatic heterocycles. The highest BCUT2D eigenvalue weighted by atomic mass is 79.9. The molecule has 0 spiro atoms. The first-order valence-electron chi connectivity index (χ1n) is 8.79. The van der Waals surface area contributed by atoms with Crippen molar-refractivity contribution in [1.82, 2.24) is 5.32 Å². The molecule has 0 saturated heterocycles. The van der Waals surface area contributed by atoms with Crippen LogP contribution in [0.4, 0.5) is 0 Å². The zero-order valence-electron chi connectivity index (χ0n) is 16.3. The number of carbonyl (C=O) groups excluding carboxylic acids is 1. The van der Waals surface area contributed by atoms with Crippen molar-refractivity contribution in [2.45, 2.75) is 32.7 Å². The minimum atomic E-state index is -0.252. The molecule has 5 nitrogen and oxygen atoms in total. The number of benzene rings is 2. The fourth-order valence-electron chi connectivity index (χ4n) is 2.68. The van der Waals surface area contributed by atoms with Gasteiger partial charge >= 0.3 is 0 Å². The van der Waals surface area contributed by atoms with E-state index in [-0.39, 0.29) is 18.6 Å². The van der Waals surface area contributed by atoms with Gasteiger partial charge in [-0.25, -0.2) is 0 Å². The van der Waals surface area contributed by atoms with E-state index in [1.54, 1.807) is 14.2 Å². The van der Waals surface area contributed by atoms with Crippen molar-refractivity contribution in [2.75, 3.05) is 20.8 Å². The predicted octanol–water partition coefficient (Wildman–Crippen LogP) is 4.85. The van der Waals surface area contributed by atoms with Gasteiger partial charge in [-0.3, -0.25) is 4.79 Å². The highest BCUT2D eigenvalue weighted by molar-refractivity contribution is 9.10. The van der Waals surface area contributed by atoms with Crippen LogP contribution >= 0.6 is 15.9 Å². The molecule has 0 saturated carbocycles. The summed E-state index contributed by atoms with van der Waals surface area (Å²) in [5, 5.41) is 2.93. The summed E-state index contributed by atoms with van der Waals surface area (Å²) in [4.78, 5) is 12.3. The van der Waals surface area contributed by atoms with Crippen LogP contribution in [0.3, 0.4) is 0 Å². The molecule has 6 heteroatoms. The van der Waals surface area contributed by atoms with Gasteiger partial charge in [0.25, 0.3) is 5.91 Å². The first kappa shape index (κ1) is 21.1. The number of nitrogens with one attached hydrogen (secondary N) is 1. The van der Waals surface area contributed by atoms with Crippen LogP contribution in [-0.2, 0) is 4.79 Å². The zero-order chi connectivity index (χ0) is 20.0. The van der Waals surface area contributed by atoms with Crippen molar-refractivity contribution < 1.29 is 19.0 Å². The molecule has 0 bridgehead atoms. The topological polar surface area (TPSA) is 56.8 Å². The monoisotopic (exact) mass is 435 g/mol. The summed E-state index contributed by atoms with van der Waals surface area (Å²) < 4.78 is 17.1. The van der Waals surface area contributed by atoms with Crippen molar-refractivity contribution in [1.29, 1.82) is 0 Å². The number of methoxy groups -OCH3 is 2. The molecule has 1 amide bonds. The van der Waals surface area contributed by atoms with Gasteiger partial charge in [-0.15, -0.1) is 0 Å². The van der Waals surface area contributed by atoms with Crippen LogP contribution in [0, 0.1) is 0 Å². The highest BCUT2D eigenvalue weighted by Crippen LogP contribution is 2.30. The van der Waals surface area contributed by atoms with E-state index < -0.39 is 0 Å². The first-order valence-corrected chi connectivity index (χ1v) is 9.58. The van der Waals surface area contributed by atoms with Crippen LogP contribution in [0.2, 0.25) is 0 Å². The second kappa shape index (κ2) is 9.65. The predicted molar refractivity (Wildman–Crippen MR) is 110 cm³/mol. The van der Waals surface area contributed by atoms with Crippen LogP contribution in [0.25, 0.3) is 0 Å². The Labute approximate surface area is 169 Å². The fourth-order valence-corrected chi connectivity index (χ4v) is 3.19. The summed E-state index contributed by atoms with van der Waals surface area (Å²) in [6.07, 6.45) is 0. The van der Waals surface area contributed by atoms with E-state index in [9.17, 15) is 4.79 Å². The minimum Gasteiger partial charge on any atom is -0.497 e. The lowest BCUT2D eigenvalue weighted by molar-refractivity contribution is -0.123. The lowest BCUT2D eigenvalue weighted by Gasteiger charge is -2.18. The van der Waals surface area contributed by atoms with Crippen molar-refractivity contribution in [2.24, 2.45) is 0 Å². The average molecular weight is 436 g/mol. The standard InChI is InChI=1S/C21H26BrNO4/c1-13(2)15-6-8-20(18(22)10-15)27-12-21(24)23-14(3)17-11-16(25-4)7-9-19(17)26-5/h6-11,13-14H,12H2,1-5H3,(H,23,24)/t14-/m1/s1. The summed E-state index contributed by atoms with van der Waals surface area (Å²) in [5.41, 5.74) is 2.05. The second-order valence-corrected chi connectivity index (χ2v) is 7.38. The van der Waals surface area contributed by atoms with Gasteiger partial charge in [-0.1, -0.05) is 19.9 Å². The van der Waals surface area contributed by atoms with E-state index in [0.717, 1.165) is 10.0 Å². The summed E-state index contributed by atoms with van der Waals surface area (Å²) in [6, 6.07) is 11.1. The maximum Gasteiger partial charge on any atom is 0.258 e. The van der Waals surface area contributed by atoms with Gasteiger partial charge in [0.1, 0.15) is 17.2 Å². The Hall–Kier alpha value is -2.21. The number of rotatable bonds is 8. The molecule has 1 atom stereocenters. The number of hydrogen-bond donors (Lipinski definition) is 1. The molecule has 27 heavy (non-hydrogen) atoms. The normalized spacial score (nSPS) is 11.8. The molecule has 2 aromatic rings. The zero-order valence-corrected chi connectivity index (χ0v) is 17.9. The minimum absolute atomic E-state index is 0.0732. The Balaban J connectivity index is 2.00. The van der Waals surface area contributed by atoms with Gasteiger partial charge in [0.2, 0.25) is 0 Å². The molecule has 0 heterocycles. The van der Waals surface area contributed by atoms with Gasteiger partial charge in [0.15, 0.2) is 6.61 Å². The molecular formula is C21H26BrNO4. The van der Waals surface area contributed by atoms with E-state index in [0.29, 0.717) is 23.2 Å². The van der Waals surface area contributed by atoms with Gasteiger partial charge in [-0.2, -0.15) is 0 Å². The van der Waals surface area contributed by atoms with Crippen LogP contribution in [0.15, 0.2) is 40.9 Å². The smallest absolute Gasteiger partial charge is 0.258 e. The second-order valence-electron chi connectivity index (χ2n) is 6.53. The van der Waals surface area contributed by atoms with Gasteiger partial charge < -0.3 is 19.5 Å². The van der Waals surface area contributed by atoms with Gasteiger partial charge in [-0.05, 0) is 64.7 Å². The maximum absolute atomic E-state index is 12.3. The molecule has 1 N–H and O–H groups in total. The molecule has 2 aromatic carbocycles. The van der Waals surface area contributed by atoms with Crippen molar-refractivity contribution in [3.8, 4) is 17.2 Å². The maximum atomic E-state index is 12.3. The quantitative estimate of drug-likeness (QED) is 0.643. The Morgan fingerprint density at radius 1 is 1.04 bits per heavy atom. The number of hydrogen-bond acceptors (Lipinski definition) is 4. The molecule has 0 aliphatic rings. The third-order valence-electron chi connectivity index (χ3n) is 4.26. The Bertz CT molecular complexity index is 792. The van der Waals surface area contributed by atoms with Crippen LogP contribution in [0.1, 0.15) is 43.9 Å². The lowest BCUT2D eigenvalue weighted by Crippen LogP contribution is -2.31. The Morgan fingerprint density at radius 3 is 2.33 bits per heavy atom. The summed E-state index contributed by atoms with van der Waals surface area (Å²) in [5.74, 6) is 2.25. The van der Waals surface area contributed by atoms with E-state index in [1.807, 2.05) is 43.3 Å². The average Bonchev–Trinajstić information content (AvgIpc) is 2.66. The summed E-state index contributed by atoms with van der Waals surface area (Å²) >= 11 is 3.50. The number of ether oxygens (including phenoxy) is 3. The van der Waals surface area contributed by atoms with E-state index in [2.05, 4.69) is 35.1 Å². The third kappa shape index (κ3) is 5.63. The first-order chi connectivity index (χ1) is 12.8. The van der Waals surface area contributed by atoms with E-state index >= 15 is 0 Å². The van der Waals surface area contributed by atoms with E-state index in [4.69, 9.17) is 14.2 Å². The van der Waals surface area contributed by atoms with Crippen LogP contribution in [-0.4, -0.2) is 26.7 Å². The van der Waals surface area contributed by atoms with Crippen LogP contribution in [0.5, 0.6) is 17.2 Å². The number of amides is 1. The van der Waals surface area contributed by atoms with Crippen molar-refractivity contribution in [3.05, 3.63) is 52.0 Å². The van der Waals surface area contributed by atoms with Gasteiger partial charge in [0.05, 0.1) is 24.7 Å². The summed E-state index contributed by atoms with van der Waals surface area (Å²) in [6.45, 7) is 6.08. The van der Waals surface area contributed by atoms with Crippen LogP contribution < -0.4 is 19.5 Å². The number of halogens is 1. The fraction of sp³-hybridized carbons (Fsp3) is 0.381. The molecule has 0 unspecified atom stereocenters. The number of carbonyl (C=O) groups is 1. The lowest BCUT2D eigenvalue weighted by atomic mass is 10.0. The molecule has 0 aromatic heterocycles. The SMILES string of the molecule is COc1ccc(OC)c([C@@H](C)NC(=O)COc2ccc(C(C)C)cc2Br)c1. The molecule has 0 radical (unpaired) electrons. The summed E-state index contributed by atoms with van der Waals surface area (Å²) in [7, 11) is 3.20. The van der Waals surface area contributed by atoms with Crippen molar-refractivity contribution in [3.63, 3.8) is 0 Å². The van der Waals surface area contributed by atoms with Crippen molar-refractivity contribution >= 4 is 21.8 Å². The molecular weight excluding hydrogens is 410 g/mol. The van der Waals surface area contributed by atoms with E-state index in [1.165, 1.54) is 5.56 Å². The Morgan fingerprint density at radius 2 is 1.74 bits per heavy atom.